The molecule has 0 aliphatic heterocycles. The lowest BCUT2D eigenvalue weighted by atomic mass is 9.80. The molecule has 4 nitrogen and oxygen atoms in total. The Morgan fingerprint density at radius 1 is 1.12 bits per heavy atom. The molecule has 0 amide bonds. The molecular weight excluding hydrogens is 302 g/mol. The highest BCUT2D eigenvalue weighted by Crippen LogP contribution is 2.32. The van der Waals surface area contributed by atoms with Crippen molar-refractivity contribution in [1.82, 2.24) is 4.98 Å². The maximum atomic E-state index is 12.3. The summed E-state index contributed by atoms with van der Waals surface area (Å²) in [5, 5.41) is 0. The highest BCUT2D eigenvalue weighted by Gasteiger charge is 2.27. The predicted octanol–water partition coefficient (Wildman–Crippen LogP) is 5.16. The third kappa shape index (κ3) is 6.14. The number of carbonyl (C=O) groups is 1. The number of hydrogen-bond acceptors (Lipinski definition) is 4. The quantitative estimate of drug-likeness (QED) is 0.462. The largest absolute Gasteiger partial charge is 0.478 e. The number of nitrogens with zero attached hydrogens (tertiary/aromatic N) is 1. The smallest absolute Gasteiger partial charge is 0.314 e. The predicted molar refractivity (Wildman–Crippen MR) is 95.2 cm³/mol. The molecule has 1 saturated carbocycles. The molecule has 1 aliphatic carbocycles. The fraction of sp³-hybridized carbons (Fsp3) is 0.700. The van der Waals surface area contributed by atoms with E-state index >= 15 is 0 Å². The van der Waals surface area contributed by atoms with Crippen LogP contribution in [0.3, 0.4) is 0 Å². The lowest BCUT2D eigenvalue weighted by Gasteiger charge is -2.27. The van der Waals surface area contributed by atoms with Crippen LogP contribution >= 0.6 is 0 Å². The number of rotatable bonds is 9. The van der Waals surface area contributed by atoms with Crippen LogP contribution in [0.15, 0.2) is 18.3 Å². The molecule has 0 atom stereocenters. The van der Waals surface area contributed by atoms with E-state index in [1.807, 2.05) is 0 Å². The number of unbranched alkanes of at least 4 members (excludes halogenated alkanes) is 2. The van der Waals surface area contributed by atoms with Crippen molar-refractivity contribution in [2.24, 2.45) is 11.8 Å². The Kier molecular flexibility index (Phi) is 8.06. The minimum atomic E-state index is -0.106. The van der Waals surface area contributed by atoms with Crippen LogP contribution < -0.4 is 9.47 Å². The first-order valence-electron chi connectivity index (χ1n) is 9.53. The van der Waals surface area contributed by atoms with Crippen LogP contribution in [0.4, 0.5) is 0 Å². The summed E-state index contributed by atoms with van der Waals surface area (Å²) in [5.41, 5.74) is 0. The second-order valence-corrected chi connectivity index (χ2v) is 6.82. The van der Waals surface area contributed by atoms with Crippen LogP contribution in [0, 0.1) is 11.8 Å². The average Bonchev–Trinajstić information content (AvgIpc) is 2.62. The SMILES string of the molecule is CCCCOc1ccc(OC(=O)C2CCC(CCCC)CC2)cn1. The first-order chi connectivity index (χ1) is 11.7. The van der Waals surface area contributed by atoms with Gasteiger partial charge in [-0.25, -0.2) is 4.98 Å². The number of pyridine rings is 1. The Morgan fingerprint density at radius 2 is 1.88 bits per heavy atom. The fourth-order valence-electron chi connectivity index (χ4n) is 3.21. The maximum Gasteiger partial charge on any atom is 0.314 e. The van der Waals surface area contributed by atoms with Gasteiger partial charge in [0.25, 0.3) is 0 Å². The molecule has 1 fully saturated rings. The molecule has 1 aromatic heterocycles. The van der Waals surface area contributed by atoms with E-state index in [-0.39, 0.29) is 11.9 Å². The normalized spacial score (nSPS) is 20.6. The van der Waals surface area contributed by atoms with E-state index in [2.05, 4.69) is 18.8 Å². The Balaban J connectivity index is 1.74. The van der Waals surface area contributed by atoms with E-state index < -0.39 is 0 Å². The van der Waals surface area contributed by atoms with Crippen LogP contribution in [-0.4, -0.2) is 17.6 Å². The summed E-state index contributed by atoms with van der Waals surface area (Å²) in [6, 6.07) is 3.53. The molecule has 0 unspecified atom stereocenters. The van der Waals surface area contributed by atoms with Crippen LogP contribution in [0.25, 0.3) is 0 Å². The summed E-state index contributed by atoms with van der Waals surface area (Å²) in [6.45, 7) is 5.03. The van der Waals surface area contributed by atoms with Crippen LogP contribution in [0.5, 0.6) is 11.6 Å². The highest BCUT2D eigenvalue weighted by molar-refractivity contribution is 5.75. The second kappa shape index (κ2) is 10.3. The molecule has 0 bridgehead atoms. The van der Waals surface area contributed by atoms with E-state index in [1.165, 1.54) is 19.3 Å². The first-order valence-corrected chi connectivity index (χ1v) is 9.53. The topological polar surface area (TPSA) is 48.4 Å². The number of carbonyl (C=O) groups excluding carboxylic acids is 1. The van der Waals surface area contributed by atoms with Gasteiger partial charge in [-0.3, -0.25) is 4.79 Å². The first kappa shape index (κ1) is 18.8. The van der Waals surface area contributed by atoms with E-state index in [1.54, 1.807) is 18.3 Å². The van der Waals surface area contributed by atoms with Gasteiger partial charge in [0.15, 0.2) is 0 Å². The zero-order valence-corrected chi connectivity index (χ0v) is 15.1. The van der Waals surface area contributed by atoms with Crippen LogP contribution in [0.1, 0.15) is 71.6 Å². The standard InChI is InChI=1S/C20H31NO3/c1-3-5-7-16-8-10-17(11-9-16)20(22)24-18-12-13-19(21-15-18)23-14-6-4-2/h12-13,15-17H,3-11,14H2,1-2H3. The zero-order chi connectivity index (χ0) is 17.2. The maximum absolute atomic E-state index is 12.3. The third-order valence-electron chi connectivity index (χ3n) is 4.82. The highest BCUT2D eigenvalue weighted by atomic mass is 16.5. The summed E-state index contributed by atoms with van der Waals surface area (Å²) in [4.78, 5) is 16.5. The van der Waals surface area contributed by atoms with Crippen molar-refractivity contribution < 1.29 is 14.3 Å². The van der Waals surface area contributed by atoms with Gasteiger partial charge in [0, 0.05) is 6.07 Å². The fourth-order valence-corrected chi connectivity index (χ4v) is 3.21. The number of ether oxygens (including phenoxy) is 2. The Bertz CT molecular complexity index is 478. The monoisotopic (exact) mass is 333 g/mol. The molecule has 1 aliphatic rings. The second-order valence-electron chi connectivity index (χ2n) is 6.82. The van der Waals surface area contributed by atoms with Gasteiger partial charge < -0.3 is 9.47 Å². The van der Waals surface area contributed by atoms with E-state index in [4.69, 9.17) is 9.47 Å². The average molecular weight is 333 g/mol. The van der Waals surface area contributed by atoms with Gasteiger partial charge in [-0.2, -0.15) is 0 Å². The molecule has 0 aromatic carbocycles. The van der Waals surface area contributed by atoms with Gasteiger partial charge in [0.05, 0.1) is 18.7 Å². The minimum Gasteiger partial charge on any atom is -0.478 e. The lowest BCUT2D eigenvalue weighted by Crippen LogP contribution is -2.25. The number of esters is 1. The molecule has 0 spiro atoms. The zero-order valence-electron chi connectivity index (χ0n) is 15.1. The summed E-state index contributed by atoms with van der Waals surface area (Å²) in [6.07, 6.45) is 11.8. The summed E-state index contributed by atoms with van der Waals surface area (Å²) < 4.78 is 11.0. The van der Waals surface area contributed by atoms with E-state index in [0.29, 0.717) is 18.2 Å². The van der Waals surface area contributed by atoms with Crippen molar-refractivity contribution >= 4 is 5.97 Å². The Morgan fingerprint density at radius 3 is 2.50 bits per heavy atom. The van der Waals surface area contributed by atoms with Crippen molar-refractivity contribution in [3.63, 3.8) is 0 Å². The Hall–Kier alpha value is -1.58. The summed E-state index contributed by atoms with van der Waals surface area (Å²) in [7, 11) is 0. The van der Waals surface area contributed by atoms with Crippen LogP contribution in [-0.2, 0) is 4.79 Å². The summed E-state index contributed by atoms with van der Waals surface area (Å²) >= 11 is 0. The van der Waals surface area contributed by atoms with Gasteiger partial charge >= 0.3 is 5.97 Å². The molecule has 1 aromatic rings. The molecule has 0 N–H and O–H groups in total. The van der Waals surface area contributed by atoms with Gasteiger partial charge in [-0.1, -0.05) is 39.5 Å². The molecule has 0 radical (unpaired) electrons. The minimum absolute atomic E-state index is 0.0448. The van der Waals surface area contributed by atoms with Crippen LogP contribution in [0.2, 0.25) is 0 Å². The van der Waals surface area contributed by atoms with Crippen molar-refractivity contribution in [1.29, 1.82) is 0 Å². The third-order valence-corrected chi connectivity index (χ3v) is 4.82. The van der Waals surface area contributed by atoms with Crippen molar-refractivity contribution in [3.05, 3.63) is 18.3 Å². The van der Waals surface area contributed by atoms with E-state index in [9.17, 15) is 4.79 Å². The molecule has 134 valence electrons. The molecular formula is C20H31NO3. The molecule has 4 heteroatoms. The Labute approximate surface area is 146 Å². The van der Waals surface area contributed by atoms with Gasteiger partial charge in [-0.15, -0.1) is 0 Å². The van der Waals surface area contributed by atoms with Gasteiger partial charge in [-0.05, 0) is 44.1 Å². The van der Waals surface area contributed by atoms with Gasteiger partial charge in [0.2, 0.25) is 5.88 Å². The molecule has 0 saturated heterocycles. The molecule has 1 heterocycles. The summed E-state index contributed by atoms with van der Waals surface area (Å²) in [5.74, 6) is 1.83. The lowest BCUT2D eigenvalue weighted by molar-refractivity contribution is -0.140. The van der Waals surface area contributed by atoms with Crippen molar-refractivity contribution in [3.8, 4) is 11.6 Å². The van der Waals surface area contributed by atoms with E-state index in [0.717, 1.165) is 44.4 Å². The number of aromatic nitrogens is 1. The van der Waals surface area contributed by atoms with Crippen molar-refractivity contribution in [2.45, 2.75) is 71.6 Å². The van der Waals surface area contributed by atoms with Crippen molar-refractivity contribution in [2.75, 3.05) is 6.61 Å². The molecule has 2 rings (SSSR count). The molecule has 24 heavy (non-hydrogen) atoms. The number of hydrogen-bond donors (Lipinski definition) is 0. The van der Waals surface area contributed by atoms with Gasteiger partial charge in [0.1, 0.15) is 5.75 Å².